The summed E-state index contributed by atoms with van der Waals surface area (Å²) in [4.78, 5) is 0.763. The first-order valence-electron chi connectivity index (χ1n) is 6.23. The number of hydrogen-bond donors (Lipinski definition) is 0. The minimum absolute atomic E-state index is 0.620. The lowest BCUT2D eigenvalue weighted by Gasteiger charge is -2.42. The molecule has 0 spiro atoms. The predicted molar refractivity (Wildman–Crippen MR) is 73.4 cm³/mol. The van der Waals surface area contributed by atoms with Crippen LogP contribution in [0.3, 0.4) is 0 Å². The van der Waals surface area contributed by atoms with E-state index in [4.69, 9.17) is 0 Å². The molecule has 1 aliphatic rings. The molecular weight excluding hydrogens is 276 g/mol. The van der Waals surface area contributed by atoms with E-state index in [1.807, 2.05) is 12.1 Å². The van der Waals surface area contributed by atoms with E-state index >= 15 is 0 Å². The Labute approximate surface area is 127 Å². The molecule has 0 saturated carbocycles. The largest absolute Gasteiger partial charge is 0.259 e. The number of rotatable bonds is 1. The fourth-order valence-electron chi connectivity index (χ4n) is 2.61. The molecule has 0 N–H and O–H groups in total. The quantitative estimate of drug-likeness (QED) is 0.725. The molecule has 0 amide bonds. The van der Waals surface area contributed by atoms with Crippen LogP contribution in [0.2, 0.25) is 0 Å². The van der Waals surface area contributed by atoms with E-state index in [9.17, 15) is 26.3 Å². The van der Waals surface area contributed by atoms with Crippen LogP contribution >= 0.6 is 0 Å². The summed E-state index contributed by atoms with van der Waals surface area (Å²) in [6.07, 6.45) is 4.46. The molecule has 102 valence electrons. The van der Waals surface area contributed by atoms with Gasteiger partial charge in [0.1, 0.15) is 12.1 Å². The maximum absolute atomic E-state index is 9.64. The van der Waals surface area contributed by atoms with E-state index in [2.05, 4.69) is 0 Å². The average Bonchev–Trinajstić information content (AvgIpc) is 2.60. The maximum atomic E-state index is 9.64. The zero-order valence-corrected chi connectivity index (χ0v) is 11.3. The van der Waals surface area contributed by atoms with Gasteiger partial charge >= 0.3 is 0 Å². The van der Waals surface area contributed by atoms with E-state index in [1.54, 1.807) is 48.7 Å². The summed E-state index contributed by atoms with van der Waals surface area (Å²) in [7, 11) is 0. The Morgan fingerprint density at radius 1 is 0.864 bits per heavy atom. The molecule has 0 aliphatic carbocycles. The first kappa shape index (κ1) is 14.6. The van der Waals surface area contributed by atoms with Crippen molar-refractivity contribution in [2.75, 3.05) is 0 Å². The molecule has 1 aromatic carbocycles. The van der Waals surface area contributed by atoms with Crippen LogP contribution in [0, 0.1) is 62.2 Å². The highest BCUT2D eigenvalue weighted by molar-refractivity contribution is 5.51. The molecule has 6 nitrogen and oxygen atoms in total. The van der Waals surface area contributed by atoms with Crippen molar-refractivity contribution in [1.29, 1.82) is 26.3 Å². The smallest absolute Gasteiger partial charge is 0.251 e. The Kier molecular flexibility index (Phi) is 3.52. The summed E-state index contributed by atoms with van der Waals surface area (Å²) in [5, 5.41) is 47.5. The normalized spacial score (nSPS) is 20.5. The second-order valence-electron chi connectivity index (χ2n) is 4.67. The maximum Gasteiger partial charge on any atom is 0.259 e. The second kappa shape index (κ2) is 5.30. The van der Waals surface area contributed by atoms with Gasteiger partial charge in [-0.25, -0.2) is 0 Å². The first-order valence-corrected chi connectivity index (χ1v) is 6.23. The third-order valence-corrected chi connectivity index (χ3v) is 3.77. The fourth-order valence-corrected chi connectivity index (χ4v) is 2.61. The lowest BCUT2D eigenvalue weighted by Crippen LogP contribution is -2.58. The summed E-state index contributed by atoms with van der Waals surface area (Å²) in [5.74, 6) is -0.799. The summed E-state index contributed by atoms with van der Waals surface area (Å²) >= 11 is 0. The van der Waals surface area contributed by atoms with Crippen LogP contribution in [0.5, 0.6) is 0 Å². The summed E-state index contributed by atoms with van der Waals surface area (Å²) in [6, 6.07) is 15.7. The van der Waals surface area contributed by atoms with Gasteiger partial charge in [-0.1, -0.05) is 36.4 Å². The first-order chi connectivity index (χ1) is 10.7. The standard InChI is InChI=1S/C16H8N6/c17-8-15(9-18)14(13-4-2-1-3-5-13)6-7-22(12-21)16(15,10-19)11-20/h1-7,14H. The predicted octanol–water partition coefficient (Wildman–Crippen LogP) is 1.90. The van der Waals surface area contributed by atoms with Gasteiger partial charge in [0.2, 0.25) is 5.41 Å². The summed E-state index contributed by atoms with van der Waals surface area (Å²) in [5.41, 5.74) is -3.61. The number of nitriles is 5. The molecular formula is C16H8N6. The van der Waals surface area contributed by atoms with Gasteiger partial charge in [-0.2, -0.15) is 26.3 Å². The third kappa shape index (κ3) is 1.61. The van der Waals surface area contributed by atoms with Crippen molar-refractivity contribution in [2.45, 2.75) is 11.5 Å². The lowest BCUT2D eigenvalue weighted by molar-refractivity contribution is 0.196. The molecule has 22 heavy (non-hydrogen) atoms. The topological polar surface area (TPSA) is 122 Å². The van der Waals surface area contributed by atoms with Gasteiger partial charge < -0.3 is 0 Å². The molecule has 1 atom stereocenters. The highest BCUT2D eigenvalue weighted by Gasteiger charge is 2.64. The molecule has 0 bridgehead atoms. The van der Waals surface area contributed by atoms with Crippen LogP contribution in [-0.4, -0.2) is 10.4 Å². The molecule has 1 aliphatic heterocycles. The SMILES string of the molecule is N#CN1C=CC(c2ccccc2)C(C#N)(C#N)C1(C#N)C#N. The third-order valence-electron chi connectivity index (χ3n) is 3.77. The van der Waals surface area contributed by atoms with E-state index in [1.165, 1.54) is 12.3 Å². The van der Waals surface area contributed by atoms with Crippen molar-refractivity contribution in [1.82, 2.24) is 4.90 Å². The van der Waals surface area contributed by atoms with Crippen LogP contribution < -0.4 is 0 Å². The fraction of sp³-hybridized carbons (Fsp3) is 0.188. The molecule has 2 rings (SSSR count). The highest BCUT2D eigenvalue weighted by atomic mass is 15.2. The van der Waals surface area contributed by atoms with E-state index in [0.29, 0.717) is 5.56 Å². The van der Waals surface area contributed by atoms with E-state index < -0.39 is 16.9 Å². The van der Waals surface area contributed by atoms with Crippen LogP contribution in [-0.2, 0) is 0 Å². The minimum atomic E-state index is -2.21. The van der Waals surface area contributed by atoms with Crippen molar-refractivity contribution in [3.63, 3.8) is 0 Å². The van der Waals surface area contributed by atoms with Gasteiger partial charge in [-0.15, -0.1) is 0 Å². The monoisotopic (exact) mass is 284 g/mol. The van der Waals surface area contributed by atoms with Crippen LogP contribution in [0.15, 0.2) is 42.6 Å². The van der Waals surface area contributed by atoms with Gasteiger partial charge in [-0.05, 0) is 5.56 Å². The Hall–Kier alpha value is -3.79. The van der Waals surface area contributed by atoms with E-state index in [-0.39, 0.29) is 0 Å². The van der Waals surface area contributed by atoms with Crippen molar-refractivity contribution in [3.05, 3.63) is 48.2 Å². The van der Waals surface area contributed by atoms with Crippen LogP contribution in [0.25, 0.3) is 0 Å². The number of allylic oxidation sites excluding steroid dienone is 1. The van der Waals surface area contributed by atoms with Crippen molar-refractivity contribution in [2.24, 2.45) is 5.41 Å². The molecule has 1 unspecified atom stereocenters. The Morgan fingerprint density at radius 2 is 1.45 bits per heavy atom. The number of benzene rings is 1. The van der Waals surface area contributed by atoms with E-state index in [0.717, 1.165) is 4.90 Å². The average molecular weight is 284 g/mol. The van der Waals surface area contributed by atoms with Gasteiger partial charge in [0.25, 0.3) is 5.54 Å². The molecule has 0 aromatic heterocycles. The number of nitrogens with zero attached hydrogens (tertiary/aromatic N) is 6. The van der Waals surface area contributed by atoms with Gasteiger partial charge in [0, 0.05) is 12.1 Å². The Morgan fingerprint density at radius 3 is 1.91 bits per heavy atom. The van der Waals surface area contributed by atoms with Crippen molar-refractivity contribution < 1.29 is 0 Å². The van der Waals surface area contributed by atoms with Gasteiger partial charge in [0.15, 0.2) is 6.19 Å². The molecule has 6 heteroatoms. The number of hydrogen-bond acceptors (Lipinski definition) is 6. The second-order valence-corrected chi connectivity index (χ2v) is 4.67. The van der Waals surface area contributed by atoms with Crippen molar-refractivity contribution in [3.8, 4) is 30.5 Å². The summed E-state index contributed by atoms with van der Waals surface area (Å²) < 4.78 is 0. The zero-order chi connectivity index (χ0) is 16.2. The van der Waals surface area contributed by atoms with Crippen molar-refractivity contribution >= 4 is 0 Å². The lowest BCUT2D eigenvalue weighted by atomic mass is 9.60. The minimum Gasteiger partial charge on any atom is -0.251 e. The molecule has 0 saturated heterocycles. The van der Waals surface area contributed by atoms with Crippen LogP contribution in [0.4, 0.5) is 0 Å². The molecule has 1 heterocycles. The Bertz CT molecular complexity index is 791. The Balaban J connectivity index is 2.83. The molecule has 0 radical (unpaired) electrons. The summed E-state index contributed by atoms with van der Waals surface area (Å²) in [6.45, 7) is 0. The molecule has 0 fully saturated rings. The zero-order valence-electron chi connectivity index (χ0n) is 11.3. The van der Waals surface area contributed by atoms with Gasteiger partial charge in [0.05, 0.1) is 12.1 Å². The van der Waals surface area contributed by atoms with Crippen LogP contribution in [0.1, 0.15) is 11.5 Å². The molecule has 1 aromatic rings. The highest BCUT2D eigenvalue weighted by Crippen LogP contribution is 2.50. The van der Waals surface area contributed by atoms with Gasteiger partial charge in [-0.3, -0.25) is 4.90 Å².